The fourth-order valence-corrected chi connectivity index (χ4v) is 2.86. The molecule has 0 radical (unpaired) electrons. The molecule has 0 bridgehead atoms. The molecule has 26 heavy (non-hydrogen) atoms. The van der Waals surface area contributed by atoms with Crippen LogP contribution in [0.5, 0.6) is 0 Å². The van der Waals surface area contributed by atoms with Crippen LogP contribution < -0.4 is 10.6 Å². The lowest BCUT2D eigenvalue weighted by Gasteiger charge is -2.27. The van der Waals surface area contributed by atoms with Crippen LogP contribution in [0.1, 0.15) is 36.8 Å². The maximum atomic E-state index is 13.3. The van der Waals surface area contributed by atoms with E-state index in [1.165, 1.54) is 12.1 Å². The fourth-order valence-electron chi connectivity index (χ4n) is 2.43. The van der Waals surface area contributed by atoms with Gasteiger partial charge in [-0.25, -0.2) is 9.37 Å². The van der Waals surface area contributed by atoms with E-state index >= 15 is 0 Å². The number of hydrogen-bond donors (Lipinski definition) is 2. The normalized spacial score (nSPS) is 11.9. The molecule has 0 saturated heterocycles. The summed E-state index contributed by atoms with van der Waals surface area (Å²) in [4.78, 5) is 8.53. The van der Waals surface area contributed by atoms with Crippen molar-refractivity contribution >= 4 is 41.5 Å². The van der Waals surface area contributed by atoms with Crippen molar-refractivity contribution in [3.05, 3.63) is 51.9 Å². The van der Waals surface area contributed by atoms with E-state index in [9.17, 15) is 4.39 Å². The lowest BCUT2D eigenvalue weighted by Crippen LogP contribution is -2.43. The molecule has 8 heteroatoms. The molecule has 0 aliphatic carbocycles. The van der Waals surface area contributed by atoms with E-state index in [1.54, 1.807) is 13.1 Å². The Balaban J connectivity index is 0.00000338. The number of aryl methyl sites for hydroxylation is 2. The Morgan fingerprint density at radius 1 is 1.31 bits per heavy atom. The maximum Gasteiger partial charge on any atom is 0.214 e. The number of benzene rings is 1. The van der Waals surface area contributed by atoms with Gasteiger partial charge < -0.3 is 15.1 Å². The van der Waals surface area contributed by atoms with Crippen LogP contribution in [0.4, 0.5) is 4.39 Å². The van der Waals surface area contributed by atoms with Gasteiger partial charge in [-0.1, -0.05) is 31.5 Å². The predicted molar refractivity (Wildman–Crippen MR) is 114 cm³/mol. The van der Waals surface area contributed by atoms with Gasteiger partial charge in [0.05, 0.1) is 12.2 Å². The largest absolute Gasteiger partial charge is 0.444 e. The zero-order chi connectivity index (χ0) is 18.6. The Labute approximate surface area is 175 Å². The Morgan fingerprint density at radius 3 is 2.54 bits per heavy atom. The van der Waals surface area contributed by atoms with Crippen molar-refractivity contribution < 1.29 is 8.81 Å². The topological polar surface area (TPSA) is 62.5 Å². The molecule has 144 valence electrons. The van der Waals surface area contributed by atoms with Crippen LogP contribution >= 0.6 is 35.6 Å². The molecule has 5 nitrogen and oxygen atoms in total. The van der Waals surface area contributed by atoms with Gasteiger partial charge in [0.15, 0.2) is 5.96 Å². The molecular formula is C18H25ClFIN4O. The first-order chi connectivity index (χ1) is 11.7. The first kappa shape index (κ1) is 22.7. The molecule has 0 amide bonds. The molecular weight excluding hydrogens is 470 g/mol. The summed E-state index contributed by atoms with van der Waals surface area (Å²) in [6.45, 7) is 8.87. The first-order valence-electron chi connectivity index (χ1n) is 8.06. The van der Waals surface area contributed by atoms with Crippen LogP contribution in [0.2, 0.25) is 5.02 Å². The number of aromatic nitrogens is 1. The van der Waals surface area contributed by atoms with E-state index < -0.39 is 0 Å². The zero-order valence-corrected chi connectivity index (χ0v) is 18.7. The van der Waals surface area contributed by atoms with Gasteiger partial charge in [-0.2, -0.15) is 0 Å². The van der Waals surface area contributed by atoms with Crippen LogP contribution in [0.25, 0.3) is 0 Å². The van der Waals surface area contributed by atoms with Crippen LogP contribution in [-0.4, -0.2) is 24.5 Å². The number of rotatable bonds is 5. The monoisotopic (exact) mass is 494 g/mol. The van der Waals surface area contributed by atoms with Crippen molar-refractivity contribution in [2.24, 2.45) is 4.99 Å². The highest BCUT2D eigenvalue weighted by atomic mass is 127. The van der Waals surface area contributed by atoms with Crippen molar-refractivity contribution in [1.82, 2.24) is 15.6 Å². The highest BCUT2D eigenvalue weighted by Crippen LogP contribution is 2.29. The molecule has 0 unspecified atom stereocenters. The second kappa shape index (κ2) is 9.55. The van der Waals surface area contributed by atoms with E-state index in [2.05, 4.69) is 20.6 Å². The highest BCUT2D eigenvalue weighted by molar-refractivity contribution is 14.0. The number of nitrogens with one attached hydrogen (secondary N) is 2. The number of oxazole rings is 1. The predicted octanol–water partition coefficient (Wildman–Crippen LogP) is 4.34. The van der Waals surface area contributed by atoms with Gasteiger partial charge in [-0.3, -0.25) is 4.99 Å². The average molecular weight is 495 g/mol. The SMILES string of the molecule is CN=C(NCc1nc(C)c(C)o1)NCC(C)(C)c1ccc(F)cc1Cl.I. The van der Waals surface area contributed by atoms with E-state index in [0.717, 1.165) is 17.0 Å². The molecule has 0 atom stereocenters. The smallest absolute Gasteiger partial charge is 0.214 e. The maximum absolute atomic E-state index is 13.3. The number of halogens is 3. The van der Waals surface area contributed by atoms with Gasteiger partial charge in [0.25, 0.3) is 0 Å². The number of nitrogens with zero attached hydrogens (tertiary/aromatic N) is 2. The Bertz CT molecular complexity index is 757. The minimum atomic E-state index is -0.341. The third-order valence-electron chi connectivity index (χ3n) is 4.06. The van der Waals surface area contributed by atoms with E-state index in [4.69, 9.17) is 16.0 Å². The van der Waals surface area contributed by atoms with Gasteiger partial charge in [-0.05, 0) is 31.5 Å². The Hall–Kier alpha value is -1.35. The fraction of sp³-hybridized carbons (Fsp3) is 0.444. The molecule has 1 heterocycles. The zero-order valence-electron chi connectivity index (χ0n) is 15.6. The van der Waals surface area contributed by atoms with Crippen LogP contribution in [-0.2, 0) is 12.0 Å². The lowest BCUT2D eigenvalue weighted by atomic mass is 9.84. The molecule has 0 saturated carbocycles. The quantitative estimate of drug-likeness (QED) is 0.369. The summed E-state index contributed by atoms with van der Waals surface area (Å²) in [5.74, 6) is 1.71. The average Bonchev–Trinajstić information content (AvgIpc) is 2.85. The third-order valence-corrected chi connectivity index (χ3v) is 4.37. The molecule has 0 aliphatic heterocycles. The summed E-state index contributed by atoms with van der Waals surface area (Å²) in [7, 11) is 1.69. The standard InChI is InChI=1S/C18H24ClFN4O.HI/c1-11-12(2)25-16(24-11)9-22-17(21-5)23-10-18(3,4)14-7-6-13(20)8-15(14)19;/h6-8H,9-10H2,1-5H3,(H2,21,22,23);1H. The summed E-state index contributed by atoms with van der Waals surface area (Å²) in [5, 5.41) is 6.84. The summed E-state index contributed by atoms with van der Waals surface area (Å²) in [6, 6.07) is 4.47. The lowest BCUT2D eigenvalue weighted by molar-refractivity contribution is 0.461. The van der Waals surface area contributed by atoms with Gasteiger partial charge in [0, 0.05) is 24.0 Å². The van der Waals surface area contributed by atoms with E-state index in [-0.39, 0.29) is 35.2 Å². The van der Waals surface area contributed by atoms with E-state index in [0.29, 0.717) is 30.0 Å². The van der Waals surface area contributed by atoms with Crippen molar-refractivity contribution in [2.45, 2.75) is 39.7 Å². The van der Waals surface area contributed by atoms with Crippen molar-refractivity contribution in [3.63, 3.8) is 0 Å². The van der Waals surface area contributed by atoms with Gasteiger partial charge in [0.1, 0.15) is 11.6 Å². The number of aliphatic imine (C=N–C) groups is 1. The minimum absolute atomic E-state index is 0. The Kier molecular flexibility index (Phi) is 8.33. The molecule has 2 rings (SSSR count). The summed E-state index contributed by atoms with van der Waals surface area (Å²) < 4.78 is 18.8. The number of hydrogen-bond acceptors (Lipinski definition) is 3. The number of guanidine groups is 1. The van der Waals surface area contributed by atoms with E-state index in [1.807, 2.05) is 27.7 Å². The van der Waals surface area contributed by atoms with Crippen LogP contribution in [0.15, 0.2) is 27.6 Å². The van der Waals surface area contributed by atoms with Crippen molar-refractivity contribution in [3.8, 4) is 0 Å². The molecule has 1 aromatic heterocycles. The minimum Gasteiger partial charge on any atom is -0.444 e. The second-order valence-corrected chi connectivity index (χ2v) is 6.94. The molecule has 0 fully saturated rings. The first-order valence-corrected chi connectivity index (χ1v) is 8.43. The molecule has 1 aromatic carbocycles. The molecule has 0 spiro atoms. The van der Waals surface area contributed by atoms with Gasteiger partial charge >= 0.3 is 0 Å². The van der Waals surface area contributed by atoms with Gasteiger partial charge in [-0.15, -0.1) is 24.0 Å². The molecule has 0 aliphatic rings. The van der Waals surface area contributed by atoms with Crippen molar-refractivity contribution in [1.29, 1.82) is 0 Å². The third kappa shape index (κ3) is 5.84. The molecule has 2 N–H and O–H groups in total. The van der Waals surface area contributed by atoms with Crippen LogP contribution in [0, 0.1) is 19.7 Å². The summed E-state index contributed by atoms with van der Waals surface area (Å²) in [6.07, 6.45) is 0. The summed E-state index contributed by atoms with van der Waals surface area (Å²) >= 11 is 6.19. The van der Waals surface area contributed by atoms with Crippen LogP contribution in [0.3, 0.4) is 0 Å². The van der Waals surface area contributed by atoms with Gasteiger partial charge in [0.2, 0.25) is 5.89 Å². The van der Waals surface area contributed by atoms with Crippen molar-refractivity contribution in [2.75, 3.05) is 13.6 Å². The highest BCUT2D eigenvalue weighted by Gasteiger charge is 2.24. The second-order valence-electron chi connectivity index (χ2n) is 6.54. The Morgan fingerprint density at radius 2 is 2.00 bits per heavy atom. The molecule has 2 aromatic rings. The summed E-state index contributed by atoms with van der Waals surface area (Å²) in [5.41, 5.74) is 1.45.